The molecule has 1 aromatic carbocycles. The summed E-state index contributed by atoms with van der Waals surface area (Å²) in [4.78, 5) is 40.3. The van der Waals surface area contributed by atoms with Crippen molar-refractivity contribution in [1.82, 2.24) is 14.9 Å². The van der Waals surface area contributed by atoms with Crippen LogP contribution < -0.4 is 11.2 Å². The summed E-state index contributed by atoms with van der Waals surface area (Å²) in [7, 11) is 1.59. The van der Waals surface area contributed by atoms with E-state index in [1.54, 1.807) is 7.05 Å². The Morgan fingerprint density at radius 1 is 1.35 bits per heavy atom. The first-order valence-electron chi connectivity index (χ1n) is 5.79. The number of nitrogens with one attached hydrogen (secondary N) is 2. The van der Waals surface area contributed by atoms with Crippen LogP contribution in [-0.4, -0.2) is 27.8 Å². The molecule has 0 fully saturated rings. The number of halogens is 1. The van der Waals surface area contributed by atoms with Crippen molar-refractivity contribution in [3.05, 3.63) is 66.9 Å². The molecule has 2 N–H and O–H groups in total. The van der Waals surface area contributed by atoms with E-state index in [2.05, 4.69) is 20.9 Å². The van der Waals surface area contributed by atoms with Crippen LogP contribution in [0.4, 0.5) is 0 Å². The number of amides is 1. The molecule has 1 amide bonds. The van der Waals surface area contributed by atoms with Gasteiger partial charge in [-0.05, 0) is 17.7 Å². The number of rotatable bonds is 3. The highest BCUT2D eigenvalue weighted by atomic mass is 79.9. The van der Waals surface area contributed by atoms with E-state index in [1.807, 2.05) is 29.2 Å². The Morgan fingerprint density at radius 3 is 2.75 bits per heavy atom. The highest BCUT2D eigenvalue weighted by Gasteiger charge is 2.16. The summed E-state index contributed by atoms with van der Waals surface area (Å²) in [5.41, 5.74) is -0.501. The molecule has 0 spiro atoms. The lowest BCUT2D eigenvalue weighted by molar-refractivity contribution is 0.0782. The van der Waals surface area contributed by atoms with E-state index in [0.29, 0.717) is 6.54 Å². The minimum absolute atomic E-state index is 0.0953. The molecular formula is C13H12BrN3O3. The van der Waals surface area contributed by atoms with Crippen molar-refractivity contribution in [2.45, 2.75) is 6.54 Å². The molecule has 1 heterocycles. The highest BCUT2D eigenvalue weighted by molar-refractivity contribution is 9.10. The van der Waals surface area contributed by atoms with E-state index in [1.165, 1.54) is 4.90 Å². The maximum atomic E-state index is 12.1. The number of carbonyl (C=O) groups is 1. The lowest BCUT2D eigenvalue weighted by atomic mass is 10.2. The molecule has 6 nitrogen and oxygen atoms in total. The minimum Gasteiger partial charge on any atom is -0.337 e. The first kappa shape index (κ1) is 14.3. The maximum absolute atomic E-state index is 12.1. The molecule has 0 aliphatic heterocycles. The zero-order valence-corrected chi connectivity index (χ0v) is 12.2. The molecule has 0 atom stereocenters. The molecule has 0 aliphatic carbocycles. The molecule has 7 heteroatoms. The molecule has 0 unspecified atom stereocenters. The number of H-pyrrole nitrogens is 2. The van der Waals surface area contributed by atoms with Crippen LogP contribution in [0, 0.1) is 0 Å². The first-order valence-corrected chi connectivity index (χ1v) is 6.58. The largest absolute Gasteiger partial charge is 0.337 e. The summed E-state index contributed by atoms with van der Waals surface area (Å²) in [6.45, 7) is 0.358. The number of hydrogen-bond acceptors (Lipinski definition) is 3. The number of benzene rings is 1. The molecular weight excluding hydrogens is 326 g/mol. The van der Waals surface area contributed by atoms with E-state index >= 15 is 0 Å². The summed E-state index contributed by atoms with van der Waals surface area (Å²) >= 11 is 3.36. The third-order valence-electron chi connectivity index (χ3n) is 2.71. The molecule has 0 aliphatic rings. The summed E-state index contributed by atoms with van der Waals surface area (Å²) in [5.74, 6) is -0.456. The SMILES string of the molecule is CN(Cc1cccc(Br)c1)C(=O)c1c[nH]c(=O)[nH]c1=O. The average Bonchev–Trinajstić information content (AvgIpc) is 2.38. The van der Waals surface area contributed by atoms with Crippen LogP contribution in [0.3, 0.4) is 0 Å². The quantitative estimate of drug-likeness (QED) is 0.879. The monoisotopic (exact) mass is 337 g/mol. The Hall–Kier alpha value is -2.15. The van der Waals surface area contributed by atoms with Gasteiger partial charge in [0.05, 0.1) is 0 Å². The third-order valence-corrected chi connectivity index (χ3v) is 3.20. The molecule has 2 rings (SSSR count). The second-order valence-corrected chi connectivity index (χ2v) is 5.19. The molecule has 0 saturated heterocycles. The van der Waals surface area contributed by atoms with E-state index in [4.69, 9.17) is 0 Å². The molecule has 1 aromatic heterocycles. The lowest BCUT2D eigenvalue weighted by Crippen LogP contribution is -2.34. The second kappa shape index (κ2) is 5.87. The van der Waals surface area contributed by atoms with Crippen LogP contribution >= 0.6 is 15.9 Å². The van der Waals surface area contributed by atoms with Gasteiger partial charge in [-0.25, -0.2) is 4.79 Å². The minimum atomic E-state index is -0.695. The fourth-order valence-electron chi connectivity index (χ4n) is 1.76. The molecule has 20 heavy (non-hydrogen) atoms. The molecule has 0 radical (unpaired) electrons. The van der Waals surface area contributed by atoms with Crippen LogP contribution in [0.25, 0.3) is 0 Å². The predicted octanol–water partition coefficient (Wildman–Crippen LogP) is 1.10. The number of carbonyl (C=O) groups excluding carboxylic acids is 1. The van der Waals surface area contributed by atoms with Crippen molar-refractivity contribution in [3.63, 3.8) is 0 Å². The molecule has 104 valence electrons. The van der Waals surface area contributed by atoms with E-state index < -0.39 is 17.2 Å². The predicted molar refractivity (Wildman–Crippen MR) is 77.6 cm³/mol. The summed E-state index contributed by atoms with van der Waals surface area (Å²) in [6, 6.07) is 7.52. The summed E-state index contributed by atoms with van der Waals surface area (Å²) in [5, 5.41) is 0. The van der Waals surface area contributed by atoms with Gasteiger partial charge in [-0.15, -0.1) is 0 Å². The Labute approximate surface area is 122 Å². The van der Waals surface area contributed by atoms with Crippen molar-refractivity contribution in [3.8, 4) is 0 Å². The van der Waals surface area contributed by atoms with Gasteiger partial charge in [0, 0.05) is 24.3 Å². The van der Waals surface area contributed by atoms with Gasteiger partial charge in [0.1, 0.15) is 5.56 Å². The van der Waals surface area contributed by atoms with Gasteiger partial charge in [0.25, 0.3) is 11.5 Å². The van der Waals surface area contributed by atoms with Gasteiger partial charge in [-0.3, -0.25) is 14.6 Å². The Balaban J connectivity index is 2.20. The lowest BCUT2D eigenvalue weighted by Gasteiger charge is -2.16. The van der Waals surface area contributed by atoms with Gasteiger partial charge < -0.3 is 9.88 Å². The average molecular weight is 338 g/mol. The summed E-state index contributed by atoms with van der Waals surface area (Å²) < 4.78 is 0.915. The van der Waals surface area contributed by atoms with Crippen molar-refractivity contribution in [2.75, 3.05) is 7.05 Å². The molecule has 2 aromatic rings. The zero-order chi connectivity index (χ0) is 14.7. The summed E-state index contributed by atoms with van der Waals surface area (Å²) in [6.07, 6.45) is 1.13. The number of nitrogens with zero attached hydrogens (tertiary/aromatic N) is 1. The fraction of sp³-hybridized carbons (Fsp3) is 0.154. The number of aromatic nitrogens is 2. The van der Waals surface area contributed by atoms with Crippen LogP contribution in [0.5, 0.6) is 0 Å². The van der Waals surface area contributed by atoms with Crippen molar-refractivity contribution in [2.24, 2.45) is 0 Å². The highest BCUT2D eigenvalue weighted by Crippen LogP contribution is 2.13. The molecule has 0 bridgehead atoms. The van der Waals surface area contributed by atoms with Gasteiger partial charge in [-0.2, -0.15) is 0 Å². The Bertz CT molecular complexity index is 751. The smallest absolute Gasteiger partial charge is 0.325 e. The van der Waals surface area contributed by atoms with E-state index in [-0.39, 0.29) is 5.56 Å². The van der Waals surface area contributed by atoms with Gasteiger partial charge >= 0.3 is 5.69 Å². The maximum Gasteiger partial charge on any atom is 0.325 e. The van der Waals surface area contributed by atoms with Crippen LogP contribution in [0.2, 0.25) is 0 Å². The second-order valence-electron chi connectivity index (χ2n) is 4.28. The standard InChI is InChI=1S/C13H12BrN3O3/c1-17(7-8-3-2-4-9(14)5-8)12(19)10-6-15-13(20)16-11(10)18/h2-6H,7H2,1H3,(H2,15,16,18,20). The molecule has 0 saturated carbocycles. The van der Waals surface area contributed by atoms with Crippen molar-refractivity contribution >= 4 is 21.8 Å². The topological polar surface area (TPSA) is 86.0 Å². The Kier molecular flexibility index (Phi) is 4.19. The third kappa shape index (κ3) is 3.24. The zero-order valence-electron chi connectivity index (χ0n) is 10.6. The number of aromatic amines is 2. The van der Waals surface area contributed by atoms with Gasteiger partial charge in [-0.1, -0.05) is 28.1 Å². The first-order chi connectivity index (χ1) is 9.47. The van der Waals surface area contributed by atoms with Gasteiger partial charge in [0.2, 0.25) is 0 Å². The van der Waals surface area contributed by atoms with Crippen molar-refractivity contribution < 1.29 is 4.79 Å². The van der Waals surface area contributed by atoms with Crippen LogP contribution in [0.15, 0.2) is 44.5 Å². The normalized spacial score (nSPS) is 10.3. The number of hydrogen-bond donors (Lipinski definition) is 2. The van der Waals surface area contributed by atoms with Crippen LogP contribution in [0.1, 0.15) is 15.9 Å². The Morgan fingerprint density at radius 2 is 2.10 bits per heavy atom. The van der Waals surface area contributed by atoms with Crippen LogP contribution in [-0.2, 0) is 6.54 Å². The fourth-order valence-corrected chi connectivity index (χ4v) is 2.20. The van der Waals surface area contributed by atoms with E-state index in [9.17, 15) is 14.4 Å². The van der Waals surface area contributed by atoms with Crippen molar-refractivity contribution in [1.29, 1.82) is 0 Å². The van der Waals surface area contributed by atoms with E-state index in [0.717, 1.165) is 16.2 Å². The van der Waals surface area contributed by atoms with Gasteiger partial charge in [0.15, 0.2) is 0 Å².